The molecule has 0 atom stereocenters. The van der Waals surface area contributed by atoms with Gasteiger partial charge in [-0.2, -0.15) is 8.42 Å². The van der Waals surface area contributed by atoms with Crippen LogP contribution in [-0.4, -0.2) is 22.6 Å². The molecule has 2 aromatic rings. The molecular weight excluding hydrogens is 311 g/mol. The number of hydrogen-bond donors (Lipinski definition) is 0. The minimum absolute atomic E-state index is 0.0924. The normalized spacial score (nSPS) is 11.1. The van der Waals surface area contributed by atoms with Crippen molar-refractivity contribution < 1.29 is 26.5 Å². The molecule has 0 amide bonds. The summed E-state index contributed by atoms with van der Waals surface area (Å²) in [6, 6.07) is 8.52. The molecule has 0 unspecified atom stereocenters. The van der Waals surface area contributed by atoms with E-state index in [9.17, 15) is 12.8 Å². The monoisotopic (exact) mass is 326 g/mol. The number of rotatable bonds is 5. The van der Waals surface area contributed by atoms with Crippen LogP contribution in [0.2, 0.25) is 0 Å². The molecule has 0 aliphatic rings. The molecule has 22 heavy (non-hydrogen) atoms. The lowest BCUT2D eigenvalue weighted by Gasteiger charge is -2.13. The number of benzene rings is 2. The Hall–Kier alpha value is -2.28. The van der Waals surface area contributed by atoms with Crippen LogP contribution < -0.4 is 13.7 Å². The molecule has 7 heteroatoms. The van der Waals surface area contributed by atoms with Gasteiger partial charge in [0, 0.05) is 12.1 Å². The second kappa shape index (κ2) is 6.23. The van der Waals surface area contributed by atoms with Gasteiger partial charge >= 0.3 is 10.1 Å². The van der Waals surface area contributed by atoms with Gasteiger partial charge in [-0.25, -0.2) is 4.39 Å². The van der Waals surface area contributed by atoms with Gasteiger partial charge in [0.2, 0.25) is 0 Å². The van der Waals surface area contributed by atoms with E-state index in [0.29, 0.717) is 5.56 Å². The summed E-state index contributed by atoms with van der Waals surface area (Å²) >= 11 is 0. The highest BCUT2D eigenvalue weighted by molar-refractivity contribution is 7.87. The molecule has 0 bridgehead atoms. The van der Waals surface area contributed by atoms with Crippen molar-refractivity contribution in [1.29, 1.82) is 0 Å². The fourth-order valence-corrected chi connectivity index (χ4v) is 2.90. The zero-order valence-corrected chi connectivity index (χ0v) is 13.1. The van der Waals surface area contributed by atoms with Crippen LogP contribution in [0.5, 0.6) is 17.2 Å². The molecule has 0 N–H and O–H groups in total. The van der Waals surface area contributed by atoms with Gasteiger partial charge in [0.15, 0.2) is 11.5 Å². The Labute approximate surface area is 128 Å². The number of para-hydroxylation sites is 1. The predicted octanol–water partition coefficient (Wildman–Crippen LogP) is 2.92. The molecule has 0 heterocycles. The molecule has 2 rings (SSSR count). The summed E-state index contributed by atoms with van der Waals surface area (Å²) in [4.78, 5) is -0.617. The van der Waals surface area contributed by atoms with Crippen molar-refractivity contribution in [3.63, 3.8) is 0 Å². The van der Waals surface area contributed by atoms with Crippen LogP contribution >= 0.6 is 0 Å². The molecule has 0 saturated heterocycles. The molecule has 118 valence electrons. The Kier molecular flexibility index (Phi) is 4.56. The van der Waals surface area contributed by atoms with E-state index < -0.39 is 20.8 Å². The smallest absolute Gasteiger partial charge is 0.342 e. The number of aryl methyl sites for hydroxylation is 1. The minimum atomic E-state index is -4.33. The highest BCUT2D eigenvalue weighted by atomic mass is 32.2. The summed E-state index contributed by atoms with van der Waals surface area (Å²) in [5, 5.41) is 0. The van der Waals surface area contributed by atoms with E-state index in [2.05, 4.69) is 0 Å². The molecule has 0 aliphatic heterocycles. The molecule has 0 aromatic heterocycles. The fraction of sp³-hybridized carbons (Fsp3) is 0.200. The van der Waals surface area contributed by atoms with Gasteiger partial charge in [-0.05, 0) is 18.6 Å². The van der Waals surface area contributed by atoms with Crippen molar-refractivity contribution in [1.82, 2.24) is 0 Å². The topological polar surface area (TPSA) is 61.8 Å². The van der Waals surface area contributed by atoms with Gasteiger partial charge in [-0.15, -0.1) is 0 Å². The Morgan fingerprint density at radius 3 is 2.14 bits per heavy atom. The quantitative estimate of drug-likeness (QED) is 0.791. The summed E-state index contributed by atoms with van der Waals surface area (Å²) in [5.74, 6) is -0.659. The minimum Gasteiger partial charge on any atom is -0.493 e. The molecule has 5 nitrogen and oxygen atoms in total. The number of halogens is 1. The molecule has 0 saturated carbocycles. The lowest BCUT2D eigenvalue weighted by Crippen LogP contribution is -2.13. The maximum atomic E-state index is 14.1. The Morgan fingerprint density at radius 2 is 1.55 bits per heavy atom. The van der Waals surface area contributed by atoms with Crippen molar-refractivity contribution >= 4 is 10.1 Å². The van der Waals surface area contributed by atoms with Gasteiger partial charge in [-0.1, -0.05) is 18.2 Å². The number of methoxy groups -OCH3 is 2. The molecule has 0 aliphatic carbocycles. The first kappa shape index (κ1) is 16.1. The Bertz CT molecular complexity index is 787. The van der Waals surface area contributed by atoms with E-state index in [1.165, 1.54) is 20.3 Å². The van der Waals surface area contributed by atoms with Crippen molar-refractivity contribution in [2.75, 3.05) is 14.2 Å². The average molecular weight is 326 g/mol. The first-order valence-corrected chi connectivity index (χ1v) is 7.71. The Balaban J connectivity index is 2.48. The van der Waals surface area contributed by atoms with Gasteiger partial charge < -0.3 is 13.7 Å². The third-order valence-electron chi connectivity index (χ3n) is 3.00. The van der Waals surface area contributed by atoms with Crippen molar-refractivity contribution in [2.45, 2.75) is 11.8 Å². The Morgan fingerprint density at radius 1 is 0.955 bits per heavy atom. The van der Waals surface area contributed by atoms with Crippen molar-refractivity contribution in [2.24, 2.45) is 0 Å². The van der Waals surface area contributed by atoms with Gasteiger partial charge in [0.25, 0.3) is 0 Å². The van der Waals surface area contributed by atoms with E-state index in [0.717, 1.165) is 12.1 Å². The van der Waals surface area contributed by atoms with Crippen LogP contribution in [0.1, 0.15) is 5.56 Å². The lowest BCUT2D eigenvalue weighted by molar-refractivity contribution is 0.349. The summed E-state index contributed by atoms with van der Waals surface area (Å²) < 4.78 is 53.5. The largest absolute Gasteiger partial charge is 0.493 e. The fourth-order valence-electron chi connectivity index (χ4n) is 1.84. The average Bonchev–Trinajstić information content (AvgIpc) is 2.48. The van der Waals surface area contributed by atoms with E-state index >= 15 is 0 Å². The van der Waals surface area contributed by atoms with Crippen LogP contribution in [0.25, 0.3) is 0 Å². The second-order valence-electron chi connectivity index (χ2n) is 4.44. The lowest BCUT2D eigenvalue weighted by atomic mass is 10.2. The van der Waals surface area contributed by atoms with Crippen LogP contribution in [0.3, 0.4) is 0 Å². The van der Waals surface area contributed by atoms with Crippen LogP contribution in [0.4, 0.5) is 4.39 Å². The molecule has 0 fully saturated rings. The molecular formula is C15H15FO5S. The van der Waals surface area contributed by atoms with E-state index in [-0.39, 0.29) is 17.2 Å². The first-order valence-electron chi connectivity index (χ1n) is 6.30. The zero-order chi connectivity index (χ0) is 16.3. The molecule has 0 radical (unpaired) electrons. The second-order valence-corrected chi connectivity index (χ2v) is 5.96. The van der Waals surface area contributed by atoms with Gasteiger partial charge in [0.1, 0.15) is 16.5 Å². The summed E-state index contributed by atoms with van der Waals surface area (Å²) in [6.07, 6.45) is 0. The maximum Gasteiger partial charge on any atom is 0.342 e. The first-order chi connectivity index (χ1) is 10.4. The summed E-state index contributed by atoms with van der Waals surface area (Å²) in [6.45, 7) is 1.69. The number of ether oxygens (including phenoxy) is 2. The van der Waals surface area contributed by atoms with Crippen LogP contribution in [-0.2, 0) is 10.1 Å². The van der Waals surface area contributed by atoms with Gasteiger partial charge in [-0.3, -0.25) is 0 Å². The predicted molar refractivity (Wildman–Crippen MR) is 78.5 cm³/mol. The highest BCUT2D eigenvalue weighted by Gasteiger charge is 2.25. The van der Waals surface area contributed by atoms with Crippen molar-refractivity contribution in [3.05, 3.63) is 47.8 Å². The maximum absolute atomic E-state index is 14.1. The van der Waals surface area contributed by atoms with E-state index in [1.54, 1.807) is 25.1 Å². The van der Waals surface area contributed by atoms with E-state index in [4.69, 9.17) is 13.7 Å². The molecule has 0 spiro atoms. The highest BCUT2D eigenvalue weighted by Crippen LogP contribution is 2.33. The van der Waals surface area contributed by atoms with E-state index in [1.807, 2.05) is 0 Å². The zero-order valence-electron chi connectivity index (χ0n) is 12.3. The third kappa shape index (κ3) is 3.14. The molecule has 2 aromatic carbocycles. The van der Waals surface area contributed by atoms with Crippen molar-refractivity contribution in [3.8, 4) is 17.2 Å². The summed E-state index contributed by atoms with van der Waals surface area (Å²) in [7, 11) is -1.68. The summed E-state index contributed by atoms with van der Waals surface area (Å²) in [5.41, 5.74) is 0.618. The third-order valence-corrected chi connectivity index (χ3v) is 4.25. The van der Waals surface area contributed by atoms with Crippen LogP contribution in [0, 0.1) is 12.7 Å². The van der Waals surface area contributed by atoms with Crippen LogP contribution in [0.15, 0.2) is 41.3 Å². The standard InChI is InChI=1S/C15H15FO5S/c1-10-6-4-5-7-12(10)21-22(17,18)15-9-14(20-3)13(19-2)8-11(15)16/h4-9H,1-3H3. The SMILES string of the molecule is COc1cc(F)c(S(=O)(=O)Oc2ccccc2C)cc1OC. The van der Waals surface area contributed by atoms with Gasteiger partial charge in [0.05, 0.1) is 14.2 Å². The number of hydrogen-bond acceptors (Lipinski definition) is 5.